The first-order chi connectivity index (χ1) is 14.2. The van der Waals surface area contributed by atoms with Gasteiger partial charge in [0.2, 0.25) is 0 Å². The predicted octanol–water partition coefficient (Wildman–Crippen LogP) is 7.62. The first kappa shape index (κ1) is 26.8. The first-order valence-electron chi connectivity index (χ1n) is 9.65. The summed E-state index contributed by atoms with van der Waals surface area (Å²) in [4.78, 5) is 0. The number of hydrogen-bond donors (Lipinski definition) is 0. The van der Waals surface area contributed by atoms with Gasteiger partial charge in [-0.25, -0.2) is 0 Å². The molecular formula is C22H26F6OSn. The SMILES string of the molecule is FC(F)(F)CC[CH2][Sn][CH2]CCC(F)(F)F.c1ccc(COCc2ccccc2)cc1. The third-order valence-electron chi connectivity index (χ3n) is 3.85. The van der Waals surface area contributed by atoms with E-state index in [0.29, 0.717) is 22.1 Å². The fraction of sp³-hybridized carbons (Fsp3) is 0.455. The van der Waals surface area contributed by atoms with Gasteiger partial charge >= 0.3 is 94.4 Å². The van der Waals surface area contributed by atoms with Gasteiger partial charge in [-0.15, -0.1) is 0 Å². The molecule has 0 saturated carbocycles. The zero-order valence-corrected chi connectivity index (χ0v) is 19.5. The Morgan fingerprint density at radius 1 is 0.600 bits per heavy atom. The number of halogens is 6. The molecule has 1 nitrogen and oxygen atoms in total. The molecule has 0 heterocycles. The number of benzene rings is 2. The molecule has 2 rings (SSSR count). The van der Waals surface area contributed by atoms with Crippen LogP contribution in [0.2, 0.25) is 8.87 Å². The molecule has 0 aliphatic carbocycles. The van der Waals surface area contributed by atoms with E-state index in [-0.39, 0.29) is 12.8 Å². The smallest absolute Gasteiger partial charge is 0.0721 e. The van der Waals surface area contributed by atoms with Gasteiger partial charge in [0.25, 0.3) is 0 Å². The van der Waals surface area contributed by atoms with Gasteiger partial charge in [0.15, 0.2) is 0 Å². The van der Waals surface area contributed by atoms with Crippen LogP contribution in [0.5, 0.6) is 0 Å². The minimum absolute atomic E-state index is 0.0850. The summed E-state index contributed by atoms with van der Waals surface area (Å²) in [7, 11) is 0. The summed E-state index contributed by atoms with van der Waals surface area (Å²) in [6.07, 6.45) is -9.67. The van der Waals surface area contributed by atoms with Crippen LogP contribution in [-0.4, -0.2) is 33.5 Å². The van der Waals surface area contributed by atoms with Gasteiger partial charge in [0.05, 0.1) is 13.2 Å². The normalized spacial score (nSPS) is 11.7. The van der Waals surface area contributed by atoms with Crippen LogP contribution >= 0.6 is 0 Å². The van der Waals surface area contributed by atoms with E-state index in [2.05, 4.69) is 24.3 Å². The van der Waals surface area contributed by atoms with E-state index in [9.17, 15) is 26.3 Å². The number of hydrogen-bond acceptors (Lipinski definition) is 1. The van der Waals surface area contributed by atoms with Crippen molar-refractivity contribution in [1.29, 1.82) is 0 Å². The molecule has 2 aromatic rings. The molecule has 2 aromatic carbocycles. The third-order valence-corrected chi connectivity index (χ3v) is 7.89. The summed E-state index contributed by atoms with van der Waals surface area (Å²) >= 11 is -0.987. The Balaban J connectivity index is 0.000000300. The van der Waals surface area contributed by atoms with Gasteiger partial charge < -0.3 is 4.74 Å². The van der Waals surface area contributed by atoms with E-state index in [0.717, 1.165) is 0 Å². The molecule has 0 aromatic heterocycles. The van der Waals surface area contributed by atoms with Gasteiger partial charge in [0.1, 0.15) is 0 Å². The summed E-state index contributed by atoms with van der Waals surface area (Å²) in [5, 5.41) is 0. The zero-order valence-electron chi connectivity index (χ0n) is 16.6. The molecule has 0 N–H and O–H groups in total. The maximum atomic E-state index is 11.7. The van der Waals surface area contributed by atoms with Crippen LogP contribution in [0.3, 0.4) is 0 Å². The van der Waals surface area contributed by atoms with Crippen molar-refractivity contribution in [2.45, 2.75) is 60.1 Å². The van der Waals surface area contributed by atoms with E-state index in [4.69, 9.17) is 4.74 Å². The van der Waals surface area contributed by atoms with Crippen molar-refractivity contribution < 1.29 is 31.1 Å². The average Bonchev–Trinajstić information content (AvgIpc) is 2.68. The third kappa shape index (κ3) is 16.6. The first-order valence-corrected chi connectivity index (χ1v) is 13.7. The summed E-state index contributed by atoms with van der Waals surface area (Å²) in [6, 6.07) is 20.4. The van der Waals surface area contributed by atoms with Gasteiger partial charge in [-0.1, -0.05) is 60.7 Å². The molecule has 2 radical (unpaired) electrons. The van der Waals surface area contributed by atoms with Gasteiger partial charge in [-0.2, -0.15) is 0 Å². The van der Waals surface area contributed by atoms with E-state index in [1.54, 1.807) is 0 Å². The van der Waals surface area contributed by atoms with Crippen molar-refractivity contribution in [3.8, 4) is 0 Å². The maximum Gasteiger partial charge on any atom is 0.0721 e. The zero-order chi connectivity index (χ0) is 22.3. The van der Waals surface area contributed by atoms with Crippen LogP contribution in [0.4, 0.5) is 26.3 Å². The number of alkyl halides is 6. The summed E-state index contributed by atoms with van der Waals surface area (Å²) in [5.74, 6) is 0. The Morgan fingerprint density at radius 2 is 0.967 bits per heavy atom. The van der Waals surface area contributed by atoms with E-state index < -0.39 is 46.3 Å². The van der Waals surface area contributed by atoms with E-state index in [1.807, 2.05) is 36.4 Å². The van der Waals surface area contributed by atoms with Gasteiger partial charge in [0, 0.05) is 0 Å². The fourth-order valence-corrected chi connectivity index (χ4v) is 5.54. The second-order valence-corrected chi connectivity index (χ2v) is 10.9. The monoisotopic (exact) mass is 540 g/mol. The van der Waals surface area contributed by atoms with Crippen molar-refractivity contribution in [1.82, 2.24) is 0 Å². The van der Waals surface area contributed by atoms with Crippen LogP contribution in [0.25, 0.3) is 0 Å². The quantitative estimate of drug-likeness (QED) is 0.172. The van der Waals surface area contributed by atoms with Crippen LogP contribution in [0.1, 0.15) is 36.8 Å². The van der Waals surface area contributed by atoms with E-state index in [1.165, 1.54) is 11.1 Å². The molecule has 0 aliphatic rings. The second kappa shape index (κ2) is 14.7. The molecule has 0 bridgehead atoms. The largest absolute Gasteiger partial charge is 0.372 e. The Labute approximate surface area is 184 Å². The van der Waals surface area contributed by atoms with Crippen molar-refractivity contribution in [2.24, 2.45) is 0 Å². The molecular weight excluding hydrogens is 513 g/mol. The van der Waals surface area contributed by atoms with Gasteiger partial charge in [-0.05, 0) is 11.1 Å². The number of rotatable bonds is 10. The molecule has 0 atom stereocenters. The molecule has 166 valence electrons. The van der Waals surface area contributed by atoms with Crippen molar-refractivity contribution in [3.63, 3.8) is 0 Å². The van der Waals surface area contributed by atoms with Gasteiger partial charge in [-0.3, -0.25) is 0 Å². The van der Waals surface area contributed by atoms with Crippen LogP contribution in [0, 0.1) is 0 Å². The summed E-state index contributed by atoms with van der Waals surface area (Å²) < 4.78 is 76.6. The van der Waals surface area contributed by atoms with Crippen LogP contribution in [0.15, 0.2) is 60.7 Å². The van der Waals surface area contributed by atoms with Crippen molar-refractivity contribution in [3.05, 3.63) is 71.8 Å². The molecule has 0 unspecified atom stereocenters. The Hall–Kier alpha value is -1.22. The van der Waals surface area contributed by atoms with E-state index >= 15 is 0 Å². The topological polar surface area (TPSA) is 9.23 Å². The summed E-state index contributed by atoms with van der Waals surface area (Å²) in [5.41, 5.74) is 2.43. The molecule has 0 saturated heterocycles. The van der Waals surface area contributed by atoms with Crippen LogP contribution in [-0.2, 0) is 18.0 Å². The van der Waals surface area contributed by atoms with Crippen LogP contribution < -0.4 is 0 Å². The fourth-order valence-electron chi connectivity index (χ4n) is 2.39. The molecule has 0 fully saturated rings. The van der Waals surface area contributed by atoms with Crippen molar-refractivity contribution in [2.75, 3.05) is 0 Å². The molecule has 8 heteroatoms. The number of ether oxygens (including phenoxy) is 1. The Bertz CT molecular complexity index is 601. The molecule has 0 aliphatic heterocycles. The Morgan fingerprint density at radius 3 is 1.30 bits per heavy atom. The average molecular weight is 539 g/mol. The maximum absolute atomic E-state index is 11.7. The van der Waals surface area contributed by atoms with Crippen molar-refractivity contribution >= 4 is 21.1 Å². The minimum atomic E-state index is -4.12. The standard InChI is InChI=1S/C14H14O.2C4H6F3.Sn/c1-3-7-13(8-4-1)11-15-12-14-9-5-2-6-10-14;2*1-2-3-4(5,6)7;/h1-10H,11-12H2;2*1-3H2;. The Kier molecular flexibility index (Phi) is 13.2. The minimum Gasteiger partial charge on any atom is -0.372 e. The predicted molar refractivity (Wildman–Crippen MR) is 107 cm³/mol. The summed E-state index contributed by atoms with van der Waals surface area (Å²) in [6.45, 7) is 1.35. The second-order valence-electron chi connectivity index (χ2n) is 6.65. The molecule has 0 amide bonds. The molecule has 0 spiro atoms. The molecule has 30 heavy (non-hydrogen) atoms.